The average Bonchev–Trinajstić information content (AvgIpc) is 2.04. The Kier molecular flexibility index (Phi) is 2.64. The molecule has 1 aromatic carbocycles. The van der Waals surface area contributed by atoms with Crippen LogP contribution in [-0.2, 0) is 11.2 Å². The second-order valence-electron chi connectivity index (χ2n) is 2.55. The molecule has 0 atom stereocenters. The molecule has 62 valence electrons. The maximum atomic E-state index is 10.6. The van der Waals surface area contributed by atoms with Crippen molar-refractivity contribution >= 4 is 12.0 Å². The summed E-state index contributed by atoms with van der Waals surface area (Å²) in [6.45, 7) is 3.65. The smallest absolute Gasteiger partial charge is 0.221 e. The van der Waals surface area contributed by atoms with Crippen molar-refractivity contribution in [1.82, 2.24) is 0 Å². The van der Waals surface area contributed by atoms with Gasteiger partial charge in [0.15, 0.2) is 0 Å². The van der Waals surface area contributed by atoms with Crippen LogP contribution in [0.2, 0.25) is 0 Å². The van der Waals surface area contributed by atoms with Crippen molar-refractivity contribution in [2.45, 2.75) is 6.42 Å². The van der Waals surface area contributed by atoms with Gasteiger partial charge in [0.25, 0.3) is 0 Å². The summed E-state index contributed by atoms with van der Waals surface area (Å²) in [5.74, 6) is -0.315. The van der Waals surface area contributed by atoms with E-state index in [4.69, 9.17) is 5.73 Å². The average molecular weight is 161 g/mol. The normalized spacial score (nSPS) is 9.33. The van der Waals surface area contributed by atoms with Crippen molar-refractivity contribution in [2.75, 3.05) is 0 Å². The highest BCUT2D eigenvalue weighted by Gasteiger charge is 2.00. The maximum Gasteiger partial charge on any atom is 0.221 e. The molecule has 1 rings (SSSR count). The molecule has 0 aliphatic carbocycles. The molecule has 2 heteroatoms. The zero-order valence-corrected chi connectivity index (χ0v) is 6.79. The minimum absolute atomic E-state index is 0.280. The van der Waals surface area contributed by atoms with Gasteiger partial charge in [0.1, 0.15) is 0 Å². The van der Waals surface area contributed by atoms with Crippen LogP contribution in [-0.4, -0.2) is 5.91 Å². The molecule has 0 fully saturated rings. The highest BCUT2D eigenvalue weighted by molar-refractivity contribution is 5.78. The van der Waals surface area contributed by atoms with Gasteiger partial charge in [0, 0.05) is 0 Å². The summed E-state index contributed by atoms with van der Waals surface area (Å²) in [6, 6.07) is 7.57. The molecule has 2 nitrogen and oxygen atoms in total. The molecular weight excluding hydrogens is 150 g/mol. The molecule has 0 aliphatic heterocycles. The van der Waals surface area contributed by atoms with Gasteiger partial charge in [0.05, 0.1) is 6.42 Å². The van der Waals surface area contributed by atoms with E-state index in [9.17, 15) is 4.79 Å². The van der Waals surface area contributed by atoms with E-state index in [1.54, 1.807) is 6.08 Å². The van der Waals surface area contributed by atoms with Crippen molar-refractivity contribution in [3.8, 4) is 0 Å². The van der Waals surface area contributed by atoms with Crippen LogP contribution in [0.1, 0.15) is 11.1 Å². The number of hydrogen-bond acceptors (Lipinski definition) is 1. The van der Waals surface area contributed by atoms with Crippen molar-refractivity contribution in [3.63, 3.8) is 0 Å². The second-order valence-corrected chi connectivity index (χ2v) is 2.55. The lowest BCUT2D eigenvalue weighted by molar-refractivity contribution is -0.117. The fourth-order valence-corrected chi connectivity index (χ4v) is 1.08. The number of amides is 1. The van der Waals surface area contributed by atoms with Gasteiger partial charge in [-0.2, -0.15) is 0 Å². The summed E-state index contributed by atoms with van der Waals surface area (Å²) < 4.78 is 0. The van der Waals surface area contributed by atoms with E-state index in [1.165, 1.54) is 0 Å². The monoisotopic (exact) mass is 161 g/mol. The molecule has 12 heavy (non-hydrogen) atoms. The molecule has 0 bridgehead atoms. The summed E-state index contributed by atoms with van der Waals surface area (Å²) in [6.07, 6.45) is 2.00. The maximum absolute atomic E-state index is 10.6. The predicted molar refractivity (Wildman–Crippen MR) is 49.4 cm³/mol. The first kappa shape index (κ1) is 8.53. The highest BCUT2D eigenvalue weighted by Crippen LogP contribution is 2.09. The number of primary amides is 1. The number of hydrogen-bond donors (Lipinski definition) is 1. The summed E-state index contributed by atoms with van der Waals surface area (Å²) in [4.78, 5) is 10.6. The quantitative estimate of drug-likeness (QED) is 0.714. The second kappa shape index (κ2) is 3.72. The van der Waals surface area contributed by atoms with Gasteiger partial charge >= 0.3 is 0 Å². The number of carbonyl (C=O) groups excluding carboxylic acids is 1. The fourth-order valence-electron chi connectivity index (χ4n) is 1.08. The fraction of sp³-hybridized carbons (Fsp3) is 0.100. The lowest BCUT2D eigenvalue weighted by Crippen LogP contribution is -2.14. The Morgan fingerprint density at radius 1 is 1.50 bits per heavy atom. The minimum atomic E-state index is -0.315. The molecule has 0 saturated heterocycles. The summed E-state index contributed by atoms with van der Waals surface area (Å²) in [5.41, 5.74) is 6.97. The molecule has 0 radical (unpaired) electrons. The Bertz CT molecular complexity index is 304. The van der Waals surface area contributed by atoms with Crippen molar-refractivity contribution in [1.29, 1.82) is 0 Å². The van der Waals surface area contributed by atoms with Crippen molar-refractivity contribution in [3.05, 3.63) is 42.0 Å². The number of rotatable bonds is 3. The number of carbonyl (C=O) groups is 1. The lowest BCUT2D eigenvalue weighted by atomic mass is 10.0. The van der Waals surface area contributed by atoms with E-state index in [-0.39, 0.29) is 12.3 Å². The molecule has 1 amide bonds. The summed E-state index contributed by atoms with van der Waals surface area (Å²) in [7, 11) is 0. The number of benzene rings is 1. The zero-order chi connectivity index (χ0) is 8.97. The van der Waals surface area contributed by atoms with Crippen LogP contribution in [0, 0.1) is 0 Å². The van der Waals surface area contributed by atoms with Gasteiger partial charge in [-0.1, -0.05) is 36.9 Å². The third-order valence-electron chi connectivity index (χ3n) is 1.64. The van der Waals surface area contributed by atoms with Gasteiger partial charge < -0.3 is 5.73 Å². The van der Waals surface area contributed by atoms with Crippen molar-refractivity contribution < 1.29 is 4.79 Å². The molecule has 0 unspecified atom stereocenters. The summed E-state index contributed by atoms with van der Waals surface area (Å²) in [5, 5.41) is 0. The molecule has 0 aliphatic rings. The third kappa shape index (κ3) is 1.95. The highest BCUT2D eigenvalue weighted by atomic mass is 16.1. The number of nitrogens with two attached hydrogens (primary N) is 1. The van der Waals surface area contributed by atoms with E-state index >= 15 is 0 Å². The standard InChI is InChI=1S/C10H11NO/c1-2-8-5-3-4-6-9(8)7-10(11)12/h2-6H,1,7H2,(H2,11,12). The molecule has 0 saturated carbocycles. The Labute approximate surface area is 71.7 Å². The SMILES string of the molecule is C=Cc1ccccc1CC(N)=O. The Morgan fingerprint density at radius 3 is 2.75 bits per heavy atom. The third-order valence-corrected chi connectivity index (χ3v) is 1.64. The Hall–Kier alpha value is -1.57. The first-order valence-electron chi connectivity index (χ1n) is 3.72. The lowest BCUT2D eigenvalue weighted by Gasteiger charge is -2.01. The van der Waals surface area contributed by atoms with Crippen LogP contribution in [0.4, 0.5) is 0 Å². The molecular formula is C10H11NO. The molecule has 1 aromatic rings. The van der Waals surface area contributed by atoms with Crippen LogP contribution < -0.4 is 5.73 Å². The zero-order valence-electron chi connectivity index (χ0n) is 6.79. The Balaban J connectivity index is 2.96. The van der Waals surface area contributed by atoms with E-state index in [0.717, 1.165) is 11.1 Å². The first-order chi connectivity index (χ1) is 5.74. The van der Waals surface area contributed by atoms with E-state index < -0.39 is 0 Å². The topological polar surface area (TPSA) is 43.1 Å². The van der Waals surface area contributed by atoms with Crippen LogP contribution in [0.25, 0.3) is 6.08 Å². The van der Waals surface area contributed by atoms with Crippen LogP contribution in [0.3, 0.4) is 0 Å². The minimum Gasteiger partial charge on any atom is -0.369 e. The van der Waals surface area contributed by atoms with E-state index in [1.807, 2.05) is 24.3 Å². The largest absolute Gasteiger partial charge is 0.369 e. The summed E-state index contributed by atoms with van der Waals surface area (Å²) >= 11 is 0. The van der Waals surface area contributed by atoms with Gasteiger partial charge in [-0.05, 0) is 11.1 Å². The Morgan fingerprint density at radius 2 is 2.17 bits per heavy atom. The van der Waals surface area contributed by atoms with E-state index in [2.05, 4.69) is 6.58 Å². The van der Waals surface area contributed by atoms with Crippen LogP contribution in [0.15, 0.2) is 30.8 Å². The van der Waals surface area contributed by atoms with E-state index in [0.29, 0.717) is 0 Å². The van der Waals surface area contributed by atoms with Crippen LogP contribution in [0.5, 0.6) is 0 Å². The van der Waals surface area contributed by atoms with Gasteiger partial charge in [0.2, 0.25) is 5.91 Å². The van der Waals surface area contributed by atoms with Gasteiger partial charge in [-0.25, -0.2) is 0 Å². The van der Waals surface area contributed by atoms with Crippen molar-refractivity contribution in [2.24, 2.45) is 5.73 Å². The van der Waals surface area contributed by atoms with Gasteiger partial charge in [-0.15, -0.1) is 0 Å². The van der Waals surface area contributed by atoms with Gasteiger partial charge in [-0.3, -0.25) is 4.79 Å². The molecule has 0 aromatic heterocycles. The molecule has 0 heterocycles. The predicted octanol–water partition coefficient (Wildman–Crippen LogP) is 1.36. The molecule has 2 N–H and O–H groups in total. The van der Waals surface area contributed by atoms with Crippen LogP contribution >= 0.6 is 0 Å². The first-order valence-corrected chi connectivity index (χ1v) is 3.72. The molecule has 0 spiro atoms.